The highest BCUT2D eigenvalue weighted by Crippen LogP contribution is 2.38. The molecular formula is C14H13F3N2O. The Hall–Kier alpha value is -2.24. The molecule has 0 amide bonds. The minimum atomic E-state index is -4.43. The van der Waals surface area contributed by atoms with Crippen LogP contribution in [-0.4, -0.2) is 19.1 Å². The van der Waals surface area contributed by atoms with Crippen LogP contribution in [0, 0.1) is 0 Å². The summed E-state index contributed by atoms with van der Waals surface area (Å²) in [5.41, 5.74) is 0.0335. The third-order valence-corrected chi connectivity index (χ3v) is 2.90. The van der Waals surface area contributed by atoms with E-state index in [4.69, 9.17) is 0 Å². The van der Waals surface area contributed by atoms with Gasteiger partial charge in [-0.2, -0.15) is 13.2 Å². The van der Waals surface area contributed by atoms with Gasteiger partial charge in [0, 0.05) is 32.0 Å². The summed E-state index contributed by atoms with van der Waals surface area (Å²) in [5.74, 6) is 0. The second kappa shape index (κ2) is 5.03. The van der Waals surface area contributed by atoms with Crippen LogP contribution in [-0.2, 0) is 6.18 Å². The molecule has 0 radical (unpaired) electrons. The maximum absolute atomic E-state index is 13.1. The summed E-state index contributed by atoms with van der Waals surface area (Å²) in [5, 5.41) is 0. The van der Waals surface area contributed by atoms with Crippen molar-refractivity contribution in [2.75, 3.05) is 19.0 Å². The summed E-state index contributed by atoms with van der Waals surface area (Å²) < 4.78 is 39.3. The van der Waals surface area contributed by atoms with E-state index < -0.39 is 11.7 Å². The minimum absolute atomic E-state index is 0.102. The summed E-state index contributed by atoms with van der Waals surface area (Å²) in [6.45, 7) is 0. The molecule has 1 N–H and O–H groups in total. The van der Waals surface area contributed by atoms with E-state index in [0.717, 1.165) is 6.07 Å². The molecule has 0 fully saturated rings. The van der Waals surface area contributed by atoms with Crippen molar-refractivity contribution in [3.8, 4) is 11.1 Å². The van der Waals surface area contributed by atoms with Crippen molar-refractivity contribution >= 4 is 5.69 Å². The SMILES string of the molecule is CN(C)c1ccc(-c2ccc(=O)[nH]c2)cc1C(F)(F)F. The monoisotopic (exact) mass is 282 g/mol. The Morgan fingerprint density at radius 1 is 1.05 bits per heavy atom. The smallest absolute Gasteiger partial charge is 0.377 e. The van der Waals surface area contributed by atoms with Crippen LogP contribution in [0.25, 0.3) is 11.1 Å². The van der Waals surface area contributed by atoms with Gasteiger partial charge in [0.25, 0.3) is 0 Å². The quantitative estimate of drug-likeness (QED) is 0.918. The second-order valence-electron chi connectivity index (χ2n) is 4.57. The summed E-state index contributed by atoms with van der Waals surface area (Å²) in [6, 6.07) is 6.87. The van der Waals surface area contributed by atoms with Gasteiger partial charge in [0.2, 0.25) is 5.56 Å². The molecule has 0 aliphatic rings. The van der Waals surface area contributed by atoms with Gasteiger partial charge in [-0.1, -0.05) is 6.07 Å². The van der Waals surface area contributed by atoms with Crippen LogP contribution in [0.5, 0.6) is 0 Å². The third-order valence-electron chi connectivity index (χ3n) is 2.90. The van der Waals surface area contributed by atoms with E-state index in [1.807, 2.05) is 0 Å². The average Bonchev–Trinajstić information content (AvgIpc) is 2.38. The lowest BCUT2D eigenvalue weighted by Crippen LogP contribution is -2.16. The van der Waals surface area contributed by atoms with Gasteiger partial charge in [-0.15, -0.1) is 0 Å². The first kappa shape index (κ1) is 14.2. The van der Waals surface area contributed by atoms with Gasteiger partial charge in [-0.3, -0.25) is 4.79 Å². The van der Waals surface area contributed by atoms with Crippen molar-refractivity contribution in [1.29, 1.82) is 0 Å². The van der Waals surface area contributed by atoms with Crippen LogP contribution in [0.2, 0.25) is 0 Å². The molecule has 0 saturated heterocycles. The Balaban J connectivity index is 2.58. The Kier molecular flexibility index (Phi) is 3.57. The molecule has 1 aromatic heterocycles. The average molecular weight is 282 g/mol. The van der Waals surface area contributed by atoms with Crippen LogP contribution in [0.1, 0.15) is 5.56 Å². The second-order valence-corrected chi connectivity index (χ2v) is 4.57. The molecular weight excluding hydrogens is 269 g/mol. The highest BCUT2D eigenvalue weighted by Gasteiger charge is 2.34. The minimum Gasteiger partial charge on any atom is -0.377 e. The van der Waals surface area contributed by atoms with Crippen molar-refractivity contribution in [2.45, 2.75) is 6.18 Å². The van der Waals surface area contributed by atoms with E-state index in [2.05, 4.69) is 4.98 Å². The molecule has 0 saturated carbocycles. The number of halogens is 3. The van der Waals surface area contributed by atoms with Crippen molar-refractivity contribution in [3.63, 3.8) is 0 Å². The first-order valence-electron chi connectivity index (χ1n) is 5.87. The van der Waals surface area contributed by atoms with Crippen molar-refractivity contribution < 1.29 is 13.2 Å². The number of anilines is 1. The molecule has 1 aromatic carbocycles. The Morgan fingerprint density at radius 3 is 2.20 bits per heavy atom. The molecule has 0 bridgehead atoms. The summed E-state index contributed by atoms with van der Waals surface area (Å²) >= 11 is 0. The fraction of sp³-hybridized carbons (Fsp3) is 0.214. The Bertz CT molecular complexity index is 654. The van der Waals surface area contributed by atoms with Gasteiger partial charge in [0.1, 0.15) is 0 Å². The number of nitrogens with one attached hydrogen (secondary N) is 1. The first-order valence-corrected chi connectivity index (χ1v) is 5.87. The molecule has 20 heavy (non-hydrogen) atoms. The zero-order chi connectivity index (χ0) is 14.9. The summed E-state index contributed by atoms with van der Waals surface area (Å²) in [4.78, 5) is 14.8. The highest BCUT2D eigenvalue weighted by molar-refractivity contribution is 5.68. The molecule has 0 unspecified atom stereocenters. The summed E-state index contributed by atoms with van der Waals surface area (Å²) in [6.07, 6.45) is -3.04. The lowest BCUT2D eigenvalue weighted by molar-refractivity contribution is -0.137. The number of hydrogen-bond donors (Lipinski definition) is 1. The Morgan fingerprint density at radius 2 is 1.70 bits per heavy atom. The number of H-pyrrole nitrogens is 1. The lowest BCUT2D eigenvalue weighted by atomic mass is 10.0. The fourth-order valence-electron chi connectivity index (χ4n) is 1.92. The number of benzene rings is 1. The normalized spacial score (nSPS) is 11.4. The topological polar surface area (TPSA) is 36.1 Å². The zero-order valence-corrected chi connectivity index (χ0v) is 11.0. The molecule has 0 spiro atoms. The number of nitrogens with zero attached hydrogens (tertiary/aromatic N) is 1. The van der Waals surface area contributed by atoms with Crippen molar-refractivity contribution in [1.82, 2.24) is 4.98 Å². The lowest BCUT2D eigenvalue weighted by Gasteiger charge is -2.20. The number of hydrogen-bond acceptors (Lipinski definition) is 2. The van der Waals surface area contributed by atoms with Gasteiger partial charge in [0.05, 0.1) is 5.56 Å². The number of aromatic nitrogens is 1. The van der Waals surface area contributed by atoms with Crippen LogP contribution in [0.4, 0.5) is 18.9 Å². The molecule has 3 nitrogen and oxygen atoms in total. The molecule has 0 aliphatic carbocycles. The number of rotatable bonds is 2. The van der Waals surface area contributed by atoms with E-state index in [0.29, 0.717) is 11.1 Å². The van der Waals surface area contributed by atoms with E-state index in [1.165, 1.54) is 29.3 Å². The summed E-state index contributed by atoms with van der Waals surface area (Å²) in [7, 11) is 3.12. The first-order chi connectivity index (χ1) is 9.29. The van der Waals surface area contributed by atoms with Gasteiger partial charge in [-0.25, -0.2) is 0 Å². The van der Waals surface area contributed by atoms with Crippen molar-refractivity contribution in [3.05, 3.63) is 52.4 Å². The molecule has 0 atom stereocenters. The zero-order valence-electron chi connectivity index (χ0n) is 11.0. The molecule has 1 heterocycles. The van der Waals surface area contributed by atoms with Crippen LogP contribution >= 0.6 is 0 Å². The maximum atomic E-state index is 13.1. The van der Waals surface area contributed by atoms with Gasteiger partial charge >= 0.3 is 6.18 Å². The maximum Gasteiger partial charge on any atom is 0.418 e. The van der Waals surface area contributed by atoms with Crippen LogP contribution in [0.15, 0.2) is 41.3 Å². The fourth-order valence-corrected chi connectivity index (χ4v) is 1.92. The predicted octanol–water partition coefficient (Wildman–Crippen LogP) is 3.13. The molecule has 6 heteroatoms. The Labute approximate surface area is 113 Å². The standard InChI is InChI=1S/C14H13F3N2O/c1-19(2)12-5-3-9(7-11(12)14(15,16)17)10-4-6-13(20)18-8-10/h3-8H,1-2H3,(H,18,20). The van der Waals surface area contributed by atoms with Crippen LogP contribution < -0.4 is 10.5 Å². The largest absolute Gasteiger partial charge is 0.418 e. The predicted molar refractivity (Wildman–Crippen MR) is 71.8 cm³/mol. The molecule has 106 valence electrons. The van der Waals surface area contributed by atoms with Gasteiger partial charge < -0.3 is 9.88 Å². The molecule has 2 aromatic rings. The number of alkyl halides is 3. The van der Waals surface area contributed by atoms with Gasteiger partial charge in [0.15, 0.2) is 0 Å². The van der Waals surface area contributed by atoms with Crippen molar-refractivity contribution in [2.24, 2.45) is 0 Å². The van der Waals surface area contributed by atoms with E-state index in [-0.39, 0.29) is 11.2 Å². The van der Waals surface area contributed by atoms with E-state index in [9.17, 15) is 18.0 Å². The van der Waals surface area contributed by atoms with Crippen LogP contribution in [0.3, 0.4) is 0 Å². The third kappa shape index (κ3) is 2.84. The highest BCUT2D eigenvalue weighted by atomic mass is 19.4. The number of aromatic amines is 1. The van der Waals surface area contributed by atoms with E-state index in [1.54, 1.807) is 20.2 Å². The molecule has 2 rings (SSSR count). The number of pyridine rings is 1. The molecule has 0 aliphatic heterocycles. The van der Waals surface area contributed by atoms with Gasteiger partial charge in [-0.05, 0) is 29.3 Å². The van der Waals surface area contributed by atoms with E-state index >= 15 is 0 Å².